The van der Waals surface area contributed by atoms with E-state index in [4.69, 9.17) is 14.0 Å². The molecule has 4 nitrogen and oxygen atoms in total. The highest BCUT2D eigenvalue weighted by Crippen LogP contribution is 2.37. The Bertz CT molecular complexity index is 547. The van der Waals surface area contributed by atoms with Gasteiger partial charge in [0.05, 0.1) is 17.3 Å². The van der Waals surface area contributed by atoms with Crippen molar-refractivity contribution in [2.45, 2.75) is 57.8 Å². The van der Waals surface area contributed by atoms with E-state index in [0.717, 1.165) is 24.6 Å². The summed E-state index contributed by atoms with van der Waals surface area (Å²) in [5.74, 6) is 0.715. The maximum absolute atomic E-state index is 11.1. The van der Waals surface area contributed by atoms with Crippen LogP contribution in [0.4, 0.5) is 0 Å². The van der Waals surface area contributed by atoms with Gasteiger partial charge in [-0.2, -0.15) is 0 Å². The number of carbonyl (C=O) groups excluding carboxylic acids is 1. The van der Waals surface area contributed by atoms with Crippen LogP contribution in [0.1, 0.15) is 50.9 Å². The van der Waals surface area contributed by atoms with E-state index in [2.05, 4.69) is 0 Å². The molecule has 0 atom stereocenters. The highest BCUT2D eigenvalue weighted by molar-refractivity contribution is 6.62. The van der Waals surface area contributed by atoms with Crippen LogP contribution in [-0.2, 0) is 9.31 Å². The summed E-state index contributed by atoms with van der Waals surface area (Å²) < 4.78 is 17.9. The third-order valence-corrected chi connectivity index (χ3v) is 4.44. The van der Waals surface area contributed by atoms with Crippen LogP contribution in [0.2, 0.25) is 0 Å². The first-order chi connectivity index (χ1) is 9.80. The topological polar surface area (TPSA) is 44.8 Å². The van der Waals surface area contributed by atoms with Crippen molar-refractivity contribution in [3.63, 3.8) is 0 Å². The van der Waals surface area contributed by atoms with Crippen LogP contribution in [0.5, 0.6) is 5.75 Å². The maximum Gasteiger partial charge on any atom is 0.494 e. The maximum atomic E-state index is 11.1. The lowest BCUT2D eigenvalue weighted by Gasteiger charge is -2.32. The quantitative estimate of drug-likeness (QED) is 0.630. The number of hydrogen-bond donors (Lipinski definition) is 0. The highest BCUT2D eigenvalue weighted by Gasteiger charge is 2.51. The van der Waals surface area contributed by atoms with Gasteiger partial charge in [-0.15, -0.1) is 0 Å². The summed E-state index contributed by atoms with van der Waals surface area (Å²) in [6.07, 6.45) is 3.28. The Morgan fingerprint density at radius 2 is 1.76 bits per heavy atom. The zero-order valence-corrected chi connectivity index (χ0v) is 13.0. The summed E-state index contributed by atoms with van der Waals surface area (Å²) in [4.78, 5) is 11.1. The molecule has 0 aromatic heterocycles. The monoisotopic (exact) mass is 288 g/mol. The van der Waals surface area contributed by atoms with E-state index < -0.39 is 18.3 Å². The fourth-order valence-electron chi connectivity index (χ4n) is 2.28. The van der Waals surface area contributed by atoms with E-state index >= 15 is 0 Å². The van der Waals surface area contributed by atoms with Gasteiger partial charge in [-0.25, -0.2) is 0 Å². The molecule has 21 heavy (non-hydrogen) atoms. The Labute approximate surface area is 125 Å². The van der Waals surface area contributed by atoms with Crippen LogP contribution in [0.15, 0.2) is 18.2 Å². The lowest BCUT2D eigenvalue weighted by atomic mass is 9.78. The Morgan fingerprint density at radius 3 is 2.29 bits per heavy atom. The van der Waals surface area contributed by atoms with E-state index in [1.807, 2.05) is 33.8 Å². The Hall–Kier alpha value is -1.33. The van der Waals surface area contributed by atoms with Crippen molar-refractivity contribution in [1.82, 2.24) is 0 Å². The normalized spacial score (nSPS) is 23.1. The van der Waals surface area contributed by atoms with E-state index in [0.29, 0.717) is 11.3 Å². The van der Waals surface area contributed by atoms with Crippen molar-refractivity contribution < 1.29 is 18.8 Å². The second-order valence-corrected chi connectivity index (χ2v) is 6.86. The van der Waals surface area contributed by atoms with Crippen LogP contribution < -0.4 is 10.2 Å². The van der Waals surface area contributed by atoms with Gasteiger partial charge in [-0.05, 0) is 58.1 Å². The number of rotatable bonds is 4. The van der Waals surface area contributed by atoms with Crippen LogP contribution in [0, 0.1) is 0 Å². The molecular formula is C16H21BO4. The molecule has 5 heteroatoms. The van der Waals surface area contributed by atoms with Crippen molar-refractivity contribution in [1.29, 1.82) is 0 Å². The van der Waals surface area contributed by atoms with Gasteiger partial charge in [0, 0.05) is 5.56 Å². The second kappa shape index (κ2) is 4.85. The van der Waals surface area contributed by atoms with Crippen molar-refractivity contribution in [3.05, 3.63) is 23.8 Å². The van der Waals surface area contributed by atoms with Crippen LogP contribution >= 0.6 is 0 Å². The molecule has 0 N–H and O–H groups in total. The number of ether oxygens (including phenoxy) is 1. The number of benzene rings is 1. The minimum atomic E-state index is -0.476. The van der Waals surface area contributed by atoms with E-state index in [1.165, 1.54) is 0 Å². The van der Waals surface area contributed by atoms with Gasteiger partial charge in [-0.3, -0.25) is 4.79 Å². The second-order valence-electron chi connectivity index (χ2n) is 6.86. The van der Waals surface area contributed by atoms with Gasteiger partial charge in [0.15, 0.2) is 0 Å². The third-order valence-electron chi connectivity index (χ3n) is 4.44. The van der Waals surface area contributed by atoms with Crippen molar-refractivity contribution in [2.75, 3.05) is 0 Å². The van der Waals surface area contributed by atoms with Gasteiger partial charge in [-0.1, -0.05) is 6.07 Å². The number of hydrogen-bond acceptors (Lipinski definition) is 4. The standard InChI is InChI=1S/C16H21BO4/c1-15(2)16(3,4)21-17(20-15)12-7-11(10-18)8-14(9-12)19-13-5-6-13/h7-10,13H,5-6H2,1-4H3. The molecule has 1 aromatic carbocycles. The average Bonchev–Trinajstić information content (AvgIpc) is 3.16. The molecule has 3 rings (SSSR count). The Kier molecular flexibility index (Phi) is 3.37. The third kappa shape index (κ3) is 2.85. The molecule has 1 saturated carbocycles. The van der Waals surface area contributed by atoms with Crippen LogP contribution in [0.3, 0.4) is 0 Å². The molecule has 0 unspecified atom stereocenters. The molecule has 1 saturated heterocycles. The van der Waals surface area contributed by atoms with E-state index in [1.54, 1.807) is 12.1 Å². The summed E-state index contributed by atoms with van der Waals surface area (Å²) in [6.45, 7) is 8.05. The molecule has 1 aliphatic heterocycles. The summed E-state index contributed by atoms with van der Waals surface area (Å²) in [6, 6.07) is 5.47. The van der Waals surface area contributed by atoms with Gasteiger partial charge in [0.1, 0.15) is 12.0 Å². The van der Waals surface area contributed by atoms with E-state index in [-0.39, 0.29) is 6.10 Å². The minimum absolute atomic E-state index is 0.290. The molecule has 0 amide bonds. The van der Waals surface area contributed by atoms with E-state index in [9.17, 15) is 4.79 Å². The van der Waals surface area contributed by atoms with Gasteiger partial charge >= 0.3 is 7.12 Å². The number of carbonyl (C=O) groups is 1. The van der Waals surface area contributed by atoms with Crippen molar-refractivity contribution >= 4 is 18.9 Å². The van der Waals surface area contributed by atoms with Gasteiger partial charge in [0.25, 0.3) is 0 Å². The Morgan fingerprint density at radius 1 is 1.14 bits per heavy atom. The lowest BCUT2D eigenvalue weighted by Crippen LogP contribution is -2.41. The molecule has 0 radical (unpaired) electrons. The summed E-state index contributed by atoms with van der Waals surface area (Å²) in [7, 11) is -0.476. The zero-order chi connectivity index (χ0) is 15.3. The molecule has 0 spiro atoms. The molecule has 112 valence electrons. The molecule has 0 bridgehead atoms. The molecule has 1 heterocycles. The molecule has 2 aliphatic rings. The minimum Gasteiger partial charge on any atom is -0.490 e. The predicted octanol–water partition coefficient (Wildman–Crippen LogP) is 2.34. The fourth-order valence-corrected chi connectivity index (χ4v) is 2.28. The zero-order valence-electron chi connectivity index (χ0n) is 13.0. The van der Waals surface area contributed by atoms with Crippen molar-refractivity contribution in [3.8, 4) is 5.75 Å². The lowest BCUT2D eigenvalue weighted by molar-refractivity contribution is 0.00578. The highest BCUT2D eigenvalue weighted by atomic mass is 16.7. The smallest absolute Gasteiger partial charge is 0.490 e. The summed E-state index contributed by atoms with van der Waals surface area (Å²) in [5.41, 5.74) is 0.616. The molecule has 2 fully saturated rings. The van der Waals surface area contributed by atoms with Crippen LogP contribution in [-0.4, -0.2) is 30.7 Å². The largest absolute Gasteiger partial charge is 0.494 e. The van der Waals surface area contributed by atoms with Crippen LogP contribution in [0.25, 0.3) is 0 Å². The first-order valence-electron chi connectivity index (χ1n) is 7.43. The van der Waals surface area contributed by atoms with Crippen molar-refractivity contribution in [2.24, 2.45) is 0 Å². The summed E-state index contributed by atoms with van der Waals surface area (Å²) >= 11 is 0. The molecule has 1 aliphatic carbocycles. The van der Waals surface area contributed by atoms with Gasteiger partial charge < -0.3 is 14.0 Å². The SMILES string of the molecule is CC1(C)OB(c2cc(C=O)cc(OC3CC3)c2)OC1(C)C. The number of aldehydes is 1. The van der Waals surface area contributed by atoms with Gasteiger partial charge in [0.2, 0.25) is 0 Å². The molecular weight excluding hydrogens is 267 g/mol. The first kappa shape index (κ1) is 14.6. The Balaban J connectivity index is 1.89. The fraction of sp³-hybridized carbons (Fsp3) is 0.562. The summed E-state index contributed by atoms with van der Waals surface area (Å²) in [5, 5.41) is 0. The molecule has 1 aromatic rings. The average molecular weight is 288 g/mol. The predicted molar refractivity (Wildman–Crippen MR) is 81.2 cm³/mol. The first-order valence-corrected chi connectivity index (χ1v) is 7.43.